The highest BCUT2D eigenvalue weighted by Crippen LogP contribution is 2.45. The molecule has 1 aromatic rings. The van der Waals surface area contributed by atoms with Crippen molar-refractivity contribution in [2.45, 2.75) is 32.4 Å². The molecule has 0 heterocycles. The van der Waals surface area contributed by atoms with Crippen LogP contribution in [0.1, 0.15) is 20.3 Å². The van der Waals surface area contributed by atoms with E-state index in [1.165, 1.54) is 6.07 Å². The van der Waals surface area contributed by atoms with Crippen molar-refractivity contribution < 1.29 is 9.66 Å². The van der Waals surface area contributed by atoms with Crippen molar-refractivity contribution in [2.75, 3.05) is 12.4 Å². The maximum absolute atomic E-state index is 11.0. The predicted molar refractivity (Wildman–Crippen MR) is 77.4 cm³/mol. The Hall–Kier alpha value is -1.14. The van der Waals surface area contributed by atoms with Gasteiger partial charge in [0.15, 0.2) is 0 Å². The summed E-state index contributed by atoms with van der Waals surface area (Å²) in [6.45, 7) is 4.21. The number of nitrogens with zero attached hydrogens (tertiary/aromatic N) is 1. The van der Waals surface area contributed by atoms with Gasteiger partial charge in [-0.1, -0.05) is 29.8 Å². The van der Waals surface area contributed by atoms with Gasteiger partial charge in [0.2, 0.25) is 0 Å². The van der Waals surface area contributed by atoms with Gasteiger partial charge in [-0.15, -0.1) is 0 Å². The molecular weight excluding hydrogens is 312 g/mol. The number of benzene rings is 1. The van der Waals surface area contributed by atoms with E-state index in [1.54, 1.807) is 19.2 Å². The second-order valence-corrected chi connectivity index (χ2v) is 6.31. The molecule has 1 saturated carbocycles. The highest BCUT2D eigenvalue weighted by Gasteiger charge is 2.49. The summed E-state index contributed by atoms with van der Waals surface area (Å²) in [5, 5.41) is 14.3. The predicted octanol–water partition coefficient (Wildman–Crippen LogP) is 3.58. The molecule has 2 atom stereocenters. The normalized spacial score (nSPS) is 24.6. The summed E-state index contributed by atoms with van der Waals surface area (Å²) in [6, 6.07) is 5.10. The lowest BCUT2D eigenvalue weighted by Crippen LogP contribution is -2.57. The number of halogens is 1. The minimum atomic E-state index is -0.367. The average Bonchev–Trinajstić information content (AvgIpc) is 2.33. The Kier molecular flexibility index (Phi) is 3.82. The Labute approximate surface area is 120 Å². The molecule has 2 unspecified atom stereocenters. The third kappa shape index (κ3) is 2.60. The largest absolute Gasteiger partial charge is 0.381 e. The summed E-state index contributed by atoms with van der Waals surface area (Å²) in [5.74, 6) is 0. The molecule has 6 heteroatoms. The van der Waals surface area contributed by atoms with E-state index in [9.17, 15) is 10.1 Å². The molecule has 1 fully saturated rings. The second-order valence-electron chi connectivity index (χ2n) is 5.40. The van der Waals surface area contributed by atoms with E-state index in [0.717, 1.165) is 10.9 Å². The topological polar surface area (TPSA) is 64.4 Å². The van der Waals surface area contributed by atoms with Crippen LogP contribution >= 0.6 is 15.9 Å². The summed E-state index contributed by atoms with van der Waals surface area (Å²) in [4.78, 5) is 10.7. The maximum atomic E-state index is 11.0. The van der Waals surface area contributed by atoms with E-state index in [-0.39, 0.29) is 28.2 Å². The van der Waals surface area contributed by atoms with Crippen LogP contribution in [0.3, 0.4) is 0 Å². The molecule has 0 amide bonds. The van der Waals surface area contributed by atoms with E-state index < -0.39 is 0 Å². The molecule has 2 rings (SSSR count). The van der Waals surface area contributed by atoms with Gasteiger partial charge in [-0.3, -0.25) is 10.1 Å². The zero-order valence-corrected chi connectivity index (χ0v) is 12.7. The molecule has 1 aromatic carbocycles. The maximum Gasteiger partial charge on any atom is 0.292 e. The molecule has 1 N–H and O–H groups in total. The minimum Gasteiger partial charge on any atom is -0.381 e. The van der Waals surface area contributed by atoms with E-state index in [1.807, 2.05) is 0 Å². The molecule has 5 nitrogen and oxygen atoms in total. The lowest BCUT2D eigenvalue weighted by molar-refractivity contribution is -0.384. The van der Waals surface area contributed by atoms with Gasteiger partial charge in [0, 0.05) is 29.1 Å². The summed E-state index contributed by atoms with van der Waals surface area (Å²) in [7, 11) is 1.70. The molecule has 0 saturated heterocycles. The third-order valence-electron chi connectivity index (χ3n) is 3.95. The number of ether oxygens (including phenoxy) is 1. The Balaban J connectivity index is 2.21. The summed E-state index contributed by atoms with van der Waals surface area (Å²) in [5.41, 5.74) is 0.608. The number of nitrogens with one attached hydrogen (secondary N) is 1. The zero-order valence-electron chi connectivity index (χ0n) is 11.1. The van der Waals surface area contributed by atoms with Crippen molar-refractivity contribution >= 4 is 27.3 Å². The highest BCUT2D eigenvalue weighted by atomic mass is 79.9. The van der Waals surface area contributed by atoms with Crippen LogP contribution in [0.15, 0.2) is 22.7 Å². The van der Waals surface area contributed by atoms with Crippen molar-refractivity contribution in [3.8, 4) is 0 Å². The molecule has 0 radical (unpaired) electrons. The van der Waals surface area contributed by atoms with Crippen LogP contribution in [-0.2, 0) is 4.74 Å². The molecule has 1 aliphatic rings. The van der Waals surface area contributed by atoms with Gasteiger partial charge in [0.25, 0.3) is 5.69 Å². The highest BCUT2D eigenvalue weighted by molar-refractivity contribution is 9.10. The molecule has 0 aliphatic heterocycles. The van der Waals surface area contributed by atoms with Gasteiger partial charge < -0.3 is 10.1 Å². The SMILES string of the molecule is COC1CC(Nc2cc(Br)ccc2[N+](=O)[O-])C1(C)C. The zero-order chi connectivity index (χ0) is 14.2. The fourth-order valence-electron chi connectivity index (χ4n) is 2.50. The van der Waals surface area contributed by atoms with Gasteiger partial charge in [-0.05, 0) is 18.6 Å². The van der Waals surface area contributed by atoms with Crippen LogP contribution in [0, 0.1) is 15.5 Å². The summed E-state index contributed by atoms with van der Waals surface area (Å²) >= 11 is 3.34. The fraction of sp³-hybridized carbons (Fsp3) is 0.538. The van der Waals surface area contributed by atoms with Crippen LogP contribution in [0.5, 0.6) is 0 Å². The molecule has 104 valence electrons. The Morgan fingerprint density at radius 1 is 1.53 bits per heavy atom. The van der Waals surface area contributed by atoms with E-state index >= 15 is 0 Å². The Morgan fingerprint density at radius 3 is 2.74 bits per heavy atom. The van der Waals surface area contributed by atoms with Crippen molar-refractivity contribution in [1.29, 1.82) is 0 Å². The van der Waals surface area contributed by atoms with Crippen molar-refractivity contribution in [1.82, 2.24) is 0 Å². The first-order chi connectivity index (χ1) is 8.86. The lowest BCUT2D eigenvalue weighted by Gasteiger charge is -2.51. The van der Waals surface area contributed by atoms with Crippen LogP contribution in [0.2, 0.25) is 0 Å². The van der Waals surface area contributed by atoms with Crippen LogP contribution in [0.4, 0.5) is 11.4 Å². The first-order valence-corrected chi connectivity index (χ1v) is 6.89. The number of hydrogen-bond acceptors (Lipinski definition) is 4. The number of methoxy groups -OCH3 is 1. The smallest absolute Gasteiger partial charge is 0.292 e. The first-order valence-electron chi connectivity index (χ1n) is 6.09. The number of rotatable bonds is 4. The summed E-state index contributed by atoms with van der Waals surface area (Å²) in [6.07, 6.45) is 1.05. The number of hydrogen-bond donors (Lipinski definition) is 1. The molecule has 1 aliphatic carbocycles. The van der Waals surface area contributed by atoms with Crippen LogP contribution in [0.25, 0.3) is 0 Å². The lowest BCUT2D eigenvalue weighted by atomic mass is 9.64. The van der Waals surface area contributed by atoms with Gasteiger partial charge in [-0.25, -0.2) is 0 Å². The van der Waals surface area contributed by atoms with E-state index in [2.05, 4.69) is 35.1 Å². The van der Waals surface area contributed by atoms with Crippen LogP contribution < -0.4 is 5.32 Å². The minimum absolute atomic E-state index is 0.0368. The number of nitro benzene ring substituents is 1. The standard InChI is InChI=1S/C13H17BrN2O3/c1-13(2)11(7-12(13)19-3)15-9-6-8(14)4-5-10(9)16(17)18/h4-6,11-12,15H,7H2,1-3H3. The fourth-order valence-corrected chi connectivity index (χ4v) is 2.86. The van der Waals surface area contributed by atoms with Gasteiger partial charge in [0.1, 0.15) is 5.69 Å². The van der Waals surface area contributed by atoms with Crippen molar-refractivity contribution in [2.24, 2.45) is 5.41 Å². The van der Waals surface area contributed by atoms with Gasteiger partial charge in [-0.2, -0.15) is 0 Å². The van der Waals surface area contributed by atoms with Crippen LogP contribution in [-0.4, -0.2) is 24.2 Å². The quantitative estimate of drug-likeness (QED) is 0.677. The van der Waals surface area contributed by atoms with Crippen molar-refractivity contribution in [3.05, 3.63) is 32.8 Å². The molecule has 0 bridgehead atoms. The molecule has 0 spiro atoms. The third-order valence-corrected chi connectivity index (χ3v) is 4.44. The second kappa shape index (κ2) is 5.09. The van der Waals surface area contributed by atoms with Gasteiger partial charge >= 0.3 is 0 Å². The summed E-state index contributed by atoms with van der Waals surface area (Å²) < 4.78 is 6.21. The van der Waals surface area contributed by atoms with E-state index in [4.69, 9.17) is 4.74 Å². The van der Waals surface area contributed by atoms with Gasteiger partial charge in [0.05, 0.1) is 11.0 Å². The molecular formula is C13H17BrN2O3. The Bertz CT molecular complexity index is 505. The monoisotopic (exact) mass is 328 g/mol. The molecule has 19 heavy (non-hydrogen) atoms. The van der Waals surface area contributed by atoms with E-state index in [0.29, 0.717) is 5.69 Å². The number of nitro groups is 1. The average molecular weight is 329 g/mol. The first kappa shape index (κ1) is 14.3. The number of anilines is 1. The Morgan fingerprint density at radius 2 is 2.21 bits per heavy atom. The van der Waals surface area contributed by atoms with Crippen molar-refractivity contribution in [3.63, 3.8) is 0 Å². The molecule has 0 aromatic heterocycles.